The van der Waals surface area contributed by atoms with E-state index in [1.807, 2.05) is 18.7 Å². The zero-order valence-corrected chi connectivity index (χ0v) is 13.4. The molecule has 7 nitrogen and oxygen atoms in total. The number of hydrogen-bond acceptors (Lipinski definition) is 5. The van der Waals surface area contributed by atoms with Crippen LogP contribution in [-0.4, -0.2) is 57.9 Å². The molecule has 0 saturated carbocycles. The third-order valence-corrected chi connectivity index (χ3v) is 4.35. The van der Waals surface area contributed by atoms with Crippen molar-refractivity contribution in [1.29, 1.82) is 0 Å². The Morgan fingerprint density at radius 3 is 2.71 bits per heavy atom. The molecule has 0 aliphatic carbocycles. The molecule has 1 saturated heterocycles. The van der Waals surface area contributed by atoms with E-state index in [4.69, 9.17) is 10.9 Å². The number of amidine groups is 1. The molecule has 118 valence electrons. The van der Waals surface area contributed by atoms with Gasteiger partial charge in [0.15, 0.2) is 5.84 Å². The zero-order valence-electron chi connectivity index (χ0n) is 13.4. The monoisotopic (exact) mass is 294 g/mol. The van der Waals surface area contributed by atoms with Crippen LogP contribution in [0.3, 0.4) is 0 Å². The standard InChI is InChI=1S/C14H26N6O/c1-5-19(6-2)11-7-8-20(9-11)14-12(13(15)17-21)10(3)16-18(14)4/h11,21H,5-9H2,1-4H3,(H2,15,17). The highest BCUT2D eigenvalue weighted by molar-refractivity contribution is 6.02. The molecule has 2 heterocycles. The Kier molecular flexibility index (Phi) is 4.72. The molecule has 1 aromatic rings. The van der Waals surface area contributed by atoms with Crippen LogP contribution in [0.1, 0.15) is 31.5 Å². The van der Waals surface area contributed by atoms with E-state index < -0.39 is 0 Å². The van der Waals surface area contributed by atoms with Gasteiger partial charge in [-0.1, -0.05) is 19.0 Å². The summed E-state index contributed by atoms with van der Waals surface area (Å²) >= 11 is 0. The third-order valence-electron chi connectivity index (χ3n) is 4.35. The summed E-state index contributed by atoms with van der Waals surface area (Å²) in [6, 6.07) is 0.551. The molecule has 1 aromatic heterocycles. The summed E-state index contributed by atoms with van der Waals surface area (Å²) in [4.78, 5) is 4.77. The van der Waals surface area contributed by atoms with Crippen LogP contribution in [0.25, 0.3) is 0 Å². The van der Waals surface area contributed by atoms with Gasteiger partial charge in [-0.15, -0.1) is 0 Å². The fourth-order valence-electron chi connectivity index (χ4n) is 3.33. The molecular weight excluding hydrogens is 268 g/mol. The number of oxime groups is 1. The molecule has 1 atom stereocenters. The molecule has 7 heteroatoms. The molecular formula is C14H26N6O. The molecule has 0 amide bonds. The smallest absolute Gasteiger partial charge is 0.175 e. The number of nitrogens with two attached hydrogens (primary N) is 1. The molecule has 1 fully saturated rings. The molecule has 1 aliphatic rings. The third kappa shape index (κ3) is 2.83. The lowest BCUT2D eigenvalue weighted by atomic mass is 10.2. The van der Waals surface area contributed by atoms with E-state index >= 15 is 0 Å². The van der Waals surface area contributed by atoms with Gasteiger partial charge in [-0.25, -0.2) is 0 Å². The van der Waals surface area contributed by atoms with Gasteiger partial charge in [-0.2, -0.15) is 5.10 Å². The second-order valence-corrected chi connectivity index (χ2v) is 5.50. The summed E-state index contributed by atoms with van der Waals surface area (Å²) in [6.45, 7) is 10.3. The Hall–Kier alpha value is -1.76. The van der Waals surface area contributed by atoms with Gasteiger partial charge < -0.3 is 15.8 Å². The van der Waals surface area contributed by atoms with Gasteiger partial charge in [0.1, 0.15) is 5.82 Å². The van der Waals surface area contributed by atoms with Crippen LogP contribution in [0.2, 0.25) is 0 Å². The van der Waals surface area contributed by atoms with E-state index in [0.717, 1.165) is 49.7 Å². The number of anilines is 1. The normalized spacial score (nSPS) is 19.8. The number of aromatic nitrogens is 2. The van der Waals surface area contributed by atoms with Crippen molar-refractivity contribution in [1.82, 2.24) is 14.7 Å². The predicted octanol–water partition coefficient (Wildman–Crippen LogP) is 0.744. The topological polar surface area (TPSA) is 82.9 Å². The summed E-state index contributed by atoms with van der Waals surface area (Å²) in [5, 5.41) is 16.6. The zero-order chi connectivity index (χ0) is 15.6. The van der Waals surface area contributed by atoms with Gasteiger partial charge in [0.05, 0.1) is 11.3 Å². The van der Waals surface area contributed by atoms with Crippen LogP contribution in [-0.2, 0) is 7.05 Å². The van der Waals surface area contributed by atoms with Crippen LogP contribution in [0.5, 0.6) is 0 Å². The second kappa shape index (κ2) is 6.34. The molecule has 1 unspecified atom stereocenters. The van der Waals surface area contributed by atoms with E-state index in [9.17, 15) is 0 Å². The first-order valence-corrected chi connectivity index (χ1v) is 7.53. The van der Waals surface area contributed by atoms with E-state index in [-0.39, 0.29) is 5.84 Å². The van der Waals surface area contributed by atoms with E-state index in [2.05, 4.69) is 33.9 Å². The average molecular weight is 294 g/mol. The largest absolute Gasteiger partial charge is 0.409 e. The minimum atomic E-state index is 0.127. The lowest BCUT2D eigenvalue weighted by molar-refractivity contribution is 0.232. The van der Waals surface area contributed by atoms with Crippen LogP contribution < -0.4 is 10.6 Å². The Morgan fingerprint density at radius 2 is 2.14 bits per heavy atom. The van der Waals surface area contributed by atoms with Crippen molar-refractivity contribution in [3.05, 3.63) is 11.3 Å². The van der Waals surface area contributed by atoms with Crippen molar-refractivity contribution in [3.8, 4) is 0 Å². The fraction of sp³-hybridized carbons (Fsp3) is 0.714. The molecule has 0 bridgehead atoms. The van der Waals surface area contributed by atoms with Gasteiger partial charge in [-0.3, -0.25) is 9.58 Å². The highest BCUT2D eigenvalue weighted by Crippen LogP contribution is 2.28. The number of nitrogens with zero attached hydrogens (tertiary/aromatic N) is 5. The lowest BCUT2D eigenvalue weighted by Gasteiger charge is -2.27. The molecule has 1 aliphatic heterocycles. The first-order valence-electron chi connectivity index (χ1n) is 7.53. The van der Waals surface area contributed by atoms with E-state index in [0.29, 0.717) is 6.04 Å². The summed E-state index contributed by atoms with van der Waals surface area (Å²) in [7, 11) is 1.90. The Labute approximate surface area is 126 Å². The van der Waals surface area contributed by atoms with E-state index in [1.54, 1.807) is 0 Å². The van der Waals surface area contributed by atoms with Gasteiger partial charge in [-0.05, 0) is 26.4 Å². The summed E-state index contributed by atoms with van der Waals surface area (Å²) < 4.78 is 1.83. The molecule has 0 spiro atoms. The molecule has 0 aromatic carbocycles. The number of likely N-dealkylation sites (N-methyl/N-ethyl adjacent to an activating group) is 1. The molecule has 21 heavy (non-hydrogen) atoms. The lowest BCUT2D eigenvalue weighted by Crippen LogP contribution is -2.37. The van der Waals surface area contributed by atoms with Crippen molar-refractivity contribution >= 4 is 11.7 Å². The highest BCUT2D eigenvalue weighted by Gasteiger charge is 2.31. The summed E-state index contributed by atoms with van der Waals surface area (Å²) in [6.07, 6.45) is 1.13. The average Bonchev–Trinajstić information content (AvgIpc) is 3.04. The number of rotatable bonds is 5. The first-order chi connectivity index (χ1) is 10.0. The predicted molar refractivity (Wildman–Crippen MR) is 84.0 cm³/mol. The number of aryl methyl sites for hydroxylation is 2. The molecule has 0 radical (unpaired) electrons. The summed E-state index contributed by atoms with van der Waals surface area (Å²) in [5.74, 6) is 1.07. The van der Waals surface area contributed by atoms with Gasteiger partial charge in [0.2, 0.25) is 0 Å². The fourth-order valence-corrected chi connectivity index (χ4v) is 3.33. The highest BCUT2D eigenvalue weighted by atomic mass is 16.4. The van der Waals surface area contributed by atoms with Crippen LogP contribution in [0.15, 0.2) is 5.16 Å². The van der Waals surface area contributed by atoms with Crippen LogP contribution in [0.4, 0.5) is 5.82 Å². The van der Waals surface area contributed by atoms with Crippen molar-refractivity contribution in [2.75, 3.05) is 31.1 Å². The Bertz CT molecular complexity index is 520. The molecule has 3 N–H and O–H groups in total. The van der Waals surface area contributed by atoms with Crippen LogP contribution >= 0.6 is 0 Å². The maximum atomic E-state index is 9.00. The SMILES string of the molecule is CCN(CC)C1CCN(c2c(C(N)=NO)c(C)nn2C)C1. The maximum Gasteiger partial charge on any atom is 0.175 e. The minimum Gasteiger partial charge on any atom is -0.409 e. The van der Waals surface area contributed by atoms with Gasteiger partial charge in [0, 0.05) is 26.2 Å². The first kappa shape index (κ1) is 15.6. The Morgan fingerprint density at radius 1 is 1.48 bits per heavy atom. The molecule has 2 rings (SSSR count). The maximum absolute atomic E-state index is 9.00. The van der Waals surface area contributed by atoms with Gasteiger partial charge in [0.25, 0.3) is 0 Å². The minimum absolute atomic E-state index is 0.127. The van der Waals surface area contributed by atoms with Crippen molar-refractivity contribution in [2.45, 2.75) is 33.2 Å². The quantitative estimate of drug-likeness (QED) is 0.362. The van der Waals surface area contributed by atoms with E-state index in [1.165, 1.54) is 0 Å². The van der Waals surface area contributed by atoms with Gasteiger partial charge >= 0.3 is 0 Å². The van der Waals surface area contributed by atoms with Crippen molar-refractivity contribution < 1.29 is 5.21 Å². The Balaban J connectivity index is 2.28. The number of hydrogen-bond donors (Lipinski definition) is 2. The van der Waals surface area contributed by atoms with Crippen molar-refractivity contribution in [2.24, 2.45) is 17.9 Å². The van der Waals surface area contributed by atoms with Crippen molar-refractivity contribution in [3.63, 3.8) is 0 Å². The van der Waals surface area contributed by atoms with Crippen LogP contribution in [0, 0.1) is 6.92 Å². The second-order valence-electron chi connectivity index (χ2n) is 5.50. The summed E-state index contributed by atoms with van der Waals surface area (Å²) in [5.41, 5.74) is 7.36.